The van der Waals surface area contributed by atoms with Crippen LogP contribution in [-0.2, 0) is 0 Å². The van der Waals surface area contributed by atoms with Gasteiger partial charge < -0.3 is 10.6 Å². The van der Waals surface area contributed by atoms with E-state index in [4.69, 9.17) is 5.73 Å². The topological polar surface area (TPSA) is 60.0 Å². The van der Waals surface area contributed by atoms with Crippen molar-refractivity contribution >= 4 is 11.4 Å². The van der Waals surface area contributed by atoms with E-state index >= 15 is 0 Å². The molecular formula is C14H19N5. The summed E-state index contributed by atoms with van der Waals surface area (Å²) in [5.74, 6) is 0. The maximum Gasteiger partial charge on any atom is 0.123 e. The summed E-state index contributed by atoms with van der Waals surface area (Å²) in [6.07, 6.45) is 7.23. The second-order valence-corrected chi connectivity index (χ2v) is 5.16. The Kier molecular flexibility index (Phi) is 3.11. The number of aromatic nitrogens is 3. The fourth-order valence-corrected chi connectivity index (χ4v) is 2.77. The average Bonchev–Trinajstić information content (AvgIpc) is 2.93. The summed E-state index contributed by atoms with van der Waals surface area (Å²) in [6.45, 7) is 3.38. The molecule has 2 aromatic rings. The molecule has 1 aromatic heterocycles. The SMILES string of the molecule is C[C@@H]1CCCCN1c1ccc(N)cc1-n1cnnc1. The number of benzene rings is 1. The molecule has 0 unspecified atom stereocenters. The second-order valence-electron chi connectivity index (χ2n) is 5.16. The molecule has 2 heterocycles. The van der Waals surface area contributed by atoms with E-state index in [0.717, 1.165) is 17.9 Å². The van der Waals surface area contributed by atoms with Gasteiger partial charge in [0.1, 0.15) is 12.7 Å². The predicted molar refractivity (Wildman–Crippen MR) is 76.4 cm³/mol. The highest BCUT2D eigenvalue weighted by atomic mass is 15.3. The van der Waals surface area contributed by atoms with E-state index in [1.165, 1.54) is 24.9 Å². The first-order chi connectivity index (χ1) is 9.25. The molecule has 0 amide bonds. The summed E-state index contributed by atoms with van der Waals surface area (Å²) in [6, 6.07) is 6.62. The number of nitrogen functional groups attached to an aromatic ring is 1. The van der Waals surface area contributed by atoms with Gasteiger partial charge in [0.2, 0.25) is 0 Å². The fraction of sp³-hybridized carbons (Fsp3) is 0.429. The lowest BCUT2D eigenvalue weighted by atomic mass is 10.0. The van der Waals surface area contributed by atoms with Crippen LogP contribution in [0.15, 0.2) is 30.9 Å². The molecule has 0 spiro atoms. The van der Waals surface area contributed by atoms with Gasteiger partial charge in [0.25, 0.3) is 0 Å². The van der Waals surface area contributed by atoms with Crippen molar-refractivity contribution in [3.8, 4) is 5.69 Å². The highest BCUT2D eigenvalue weighted by Gasteiger charge is 2.21. The lowest BCUT2D eigenvalue weighted by molar-refractivity contribution is 0.484. The molecule has 19 heavy (non-hydrogen) atoms. The average molecular weight is 257 g/mol. The normalized spacial score (nSPS) is 19.6. The minimum absolute atomic E-state index is 0.563. The van der Waals surface area contributed by atoms with Gasteiger partial charge in [0.05, 0.1) is 11.4 Å². The molecule has 2 N–H and O–H groups in total. The maximum absolute atomic E-state index is 5.93. The number of nitrogens with two attached hydrogens (primary N) is 1. The van der Waals surface area contributed by atoms with Gasteiger partial charge in [-0.05, 0) is 44.4 Å². The number of rotatable bonds is 2. The van der Waals surface area contributed by atoms with Gasteiger partial charge in [-0.1, -0.05) is 0 Å². The zero-order valence-corrected chi connectivity index (χ0v) is 11.2. The molecule has 5 heteroatoms. The van der Waals surface area contributed by atoms with Crippen molar-refractivity contribution in [2.75, 3.05) is 17.2 Å². The molecule has 1 fully saturated rings. The highest BCUT2D eigenvalue weighted by Crippen LogP contribution is 2.31. The van der Waals surface area contributed by atoms with Gasteiger partial charge in [0, 0.05) is 18.3 Å². The van der Waals surface area contributed by atoms with Crippen molar-refractivity contribution in [2.45, 2.75) is 32.2 Å². The van der Waals surface area contributed by atoms with Crippen molar-refractivity contribution < 1.29 is 0 Å². The number of nitrogens with zero attached hydrogens (tertiary/aromatic N) is 4. The zero-order chi connectivity index (χ0) is 13.2. The third-order valence-electron chi connectivity index (χ3n) is 3.81. The number of piperidine rings is 1. The summed E-state index contributed by atoms with van der Waals surface area (Å²) in [4.78, 5) is 2.46. The Labute approximate surface area is 113 Å². The van der Waals surface area contributed by atoms with Crippen LogP contribution in [0.5, 0.6) is 0 Å². The van der Waals surface area contributed by atoms with E-state index in [0.29, 0.717) is 6.04 Å². The summed E-state index contributed by atoms with van der Waals surface area (Å²) in [5, 5.41) is 7.77. The lowest BCUT2D eigenvalue weighted by Gasteiger charge is -2.36. The van der Waals surface area contributed by atoms with Crippen LogP contribution < -0.4 is 10.6 Å². The van der Waals surface area contributed by atoms with Crippen LogP contribution in [-0.4, -0.2) is 27.4 Å². The summed E-state index contributed by atoms with van der Waals surface area (Å²) < 4.78 is 1.92. The maximum atomic E-state index is 5.93. The van der Waals surface area contributed by atoms with Crippen LogP contribution in [0.1, 0.15) is 26.2 Å². The van der Waals surface area contributed by atoms with E-state index in [9.17, 15) is 0 Å². The van der Waals surface area contributed by atoms with Gasteiger partial charge in [-0.15, -0.1) is 10.2 Å². The fourth-order valence-electron chi connectivity index (χ4n) is 2.77. The highest BCUT2D eigenvalue weighted by molar-refractivity contribution is 5.68. The zero-order valence-electron chi connectivity index (χ0n) is 11.2. The van der Waals surface area contributed by atoms with Crippen LogP contribution in [0.3, 0.4) is 0 Å². The molecule has 1 atom stereocenters. The molecule has 0 bridgehead atoms. The van der Waals surface area contributed by atoms with E-state index in [2.05, 4.69) is 28.1 Å². The van der Waals surface area contributed by atoms with Crippen LogP contribution in [0.25, 0.3) is 5.69 Å². The molecule has 1 aliphatic rings. The third kappa shape index (κ3) is 2.28. The van der Waals surface area contributed by atoms with Gasteiger partial charge >= 0.3 is 0 Å². The Morgan fingerprint density at radius 3 is 2.68 bits per heavy atom. The molecule has 100 valence electrons. The van der Waals surface area contributed by atoms with Crippen molar-refractivity contribution in [3.05, 3.63) is 30.9 Å². The van der Waals surface area contributed by atoms with Crippen molar-refractivity contribution in [1.29, 1.82) is 0 Å². The third-order valence-corrected chi connectivity index (χ3v) is 3.81. The van der Waals surface area contributed by atoms with Crippen molar-refractivity contribution in [2.24, 2.45) is 0 Å². The molecule has 1 saturated heterocycles. The molecular weight excluding hydrogens is 238 g/mol. The second kappa shape index (κ2) is 4.91. The molecule has 0 radical (unpaired) electrons. The van der Waals surface area contributed by atoms with Gasteiger partial charge in [-0.2, -0.15) is 0 Å². The van der Waals surface area contributed by atoms with E-state index in [1.54, 1.807) is 12.7 Å². The summed E-state index contributed by atoms with van der Waals surface area (Å²) in [5.41, 5.74) is 8.95. The van der Waals surface area contributed by atoms with Gasteiger partial charge in [-0.3, -0.25) is 4.57 Å². The number of hydrogen-bond acceptors (Lipinski definition) is 4. The first kappa shape index (κ1) is 12.0. The Balaban J connectivity index is 2.05. The molecule has 1 aliphatic heterocycles. The minimum atomic E-state index is 0.563. The van der Waals surface area contributed by atoms with Crippen LogP contribution in [0.4, 0.5) is 11.4 Å². The molecule has 0 aliphatic carbocycles. The number of hydrogen-bond donors (Lipinski definition) is 1. The number of anilines is 2. The monoisotopic (exact) mass is 257 g/mol. The van der Waals surface area contributed by atoms with E-state index < -0.39 is 0 Å². The van der Waals surface area contributed by atoms with E-state index in [1.807, 2.05) is 16.7 Å². The summed E-state index contributed by atoms with van der Waals surface area (Å²) >= 11 is 0. The van der Waals surface area contributed by atoms with Crippen molar-refractivity contribution in [3.63, 3.8) is 0 Å². The first-order valence-electron chi connectivity index (χ1n) is 6.77. The van der Waals surface area contributed by atoms with Crippen LogP contribution >= 0.6 is 0 Å². The molecule has 5 nitrogen and oxygen atoms in total. The largest absolute Gasteiger partial charge is 0.399 e. The summed E-state index contributed by atoms with van der Waals surface area (Å²) in [7, 11) is 0. The quantitative estimate of drug-likeness (QED) is 0.838. The minimum Gasteiger partial charge on any atom is -0.399 e. The van der Waals surface area contributed by atoms with Gasteiger partial charge in [-0.25, -0.2) is 0 Å². The molecule has 1 aromatic carbocycles. The Morgan fingerprint density at radius 1 is 1.16 bits per heavy atom. The van der Waals surface area contributed by atoms with Crippen LogP contribution in [0, 0.1) is 0 Å². The van der Waals surface area contributed by atoms with Gasteiger partial charge in [0.15, 0.2) is 0 Å². The standard InChI is InChI=1S/C14H19N5/c1-11-4-2-3-7-19(11)13-6-5-12(15)8-14(13)18-9-16-17-10-18/h5-6,8-11H,2-4,7,15H2,1H3/t11-/m1/s1. The Morgan fingerprint density at radius 2 is 1.95 bits per heavy atom. The molecule has 0 saturated carbocycles. The van der Waals surface area contributed by atoms with Crippen molar-refractivity contribution in [1.82, 2.24) is 14.8 Å². The van der Waals surface area contributed by atoms with E-state index in [-0.39, 0.29) is 0 Å². The smallest absolute Gasteiger partial charge is 0.123 e. The first-order valence-corrected chi connectivity index (χ1v) is 6.77. The predicted octanol–water partition coefficient (Wildman–Crippen LogP) is 2.23. The Bertz CT molecular complexity index is 549. The lowest BCUT2D eigenvalue weighted by Crippen LogP contribution is -2.38. The Hall–Kier alpha value is -2.04. The molecule has 3 rings (SSSR count). The van der Waals surface area contributed by atoms with Crippen LogP contribution in [0.2, 0.25) is 0 Å².